The Hall–Kier alpha value is -0.610. The number of methoxy groups -OCH3 is 1. The lowest BCUT2D eigenvalue weighted by Crippen LogP contribution is -2.31. The molecule has 58 valence electrons. The van der Waals surface area contributed by atoms with E-state index in [9.17, 15) is 4.79 Å². The molecule has 0 aromatic carbocycles. The minimum Gasteiger partial charge on any atom is -0.479 e. The summed E-state index contributed by atoms with van der Waals surface area (Å²) in [5, 5.41) is 8.51. The van der Waals surface area contributed by atoms with Crippen molar-refractivity contribution in [2.75, 3.05) is 13.7 Å². The highest BCUT2D eigenvalue weighted by Gasteiger charge is 2.33. The van der Waals surface area contributed by atoms with Crippen LogP contribution in [0.3, 0.4) is 0 Å². The average molecular weight is 146 g/mol. The highest BCUT2D eigenvalue weighted by molar-refractivity contribution is 5.73. The number of hydrogen-bond donors (Lipinski definition) is 1. The van der Waals surface area contributed by atoms with E-state index in [1.54, 1.807) is 0 Å². The summed E-state index contributed by atoms with van der Waals surface area (Å²) in [7, 11) is 1.50. The lowest BCUT2D eigenvalue weighted by Gasteiger charge is -2.11. The van der Waals surface area contributed by atoms with Crippen LogP contribution in [-0.4, -0.2) is 37.0 Å². The molecule has 1 aliphatic rings. The lowest BCUT2D eigenvalue weighted by atomic mass is 10.2. The van der Waals surface area contributed by atoms with E-state index in [-0.39, 0.29) is 6.10 Å². The summed E-state index contributed by atoms with van der Waals surface area (Å²) in [5.41, 5.74) is 0. The van der Waals surface area contributed by atoms with Crippen LogP contribution < -0.4 is 0 Å². The quantitative estimate of drug-likeness (QED) is 0.589. The van der Waals surface area contributed by atoms with E-state index in [0.717, 1.165) is 0 Å². The Morgan fingerprint density at radius 3 is 2.90 bits per heavy atom. The highest BCUT2D eigenvalue weighted by atomic mass is 16.6. The van der Waals surface area contributed by atoms with Gasteiger partial charge in [0.05, 0.1) is 12.7 Å². The maximum atomic E-state index is 10.4. The van der Waals surface area contributed by atoms with Crippen LogP contribution >= 0.6 is 0 Å². The van der Waals surface area contributed by atoms with Gasteiger partial charge in [0.1, 0.15) is 0 Å². The second-order valence-corrected chi connectivity index (χ2v) is 2.19. The molecular formula is C6H10O4. The molecule has 10 heavy (non-hydrogen) atoms. The summed E-state index contributed by atoms with van der Waals surface area (Å²) in [5.74, 6) is -0.940. The van der Waals surface area contributed by atoms with Gasteiger partial charge in [0.15, 0.2) is 6.10 Å². The molecule has 0 aromatic rings. The fourth-order valence-corrected chi connectivity index (χ4v) is 1.04. The monoisotopic (exact) mass is 146 g/mol. The Labute approximate surface area is 58.7 Å². The fraction of sp³-hybridized carbons (Fsp3) is 0.833. The zero-order valence-corrected chi connectivity index (χ0v) is 5.74. The molecule has 0 unspecified atom stereocenters. The SMILES string of the molecule is CO[C@@H]1CCO[C@@H]1C(=O)O. The van der Waals surface area contributed by atoms with Gasteiger partial charge in [-0.05, 0) is 0 Å². The van der Waals surface area contributed by atoms with Gasteiger partial charge in [0.25, 0.3) is 0 Å². The van der Waals surface area contributed by atoms with Crippen molar-refractivity contribution in [3.8, 4) is 0 Å². The molecule has 2 atom stereocenters. The first-order valence-electron chi connectivity index (χ1n) is 3.13. The normalized spacial score (nSPS) is 32.5. The minimum atomic E-state index is -0.940. The molecule has 1 aliphatic heterocycles. The van der Waals surface area contributed by atoms with Crippen LogP contribution in [0.15, 0.2) is 0 Å². The molecule has 4 nitrogen and oxygen atoms in total. The molecule has 1 saturated heterocycles. The van der Waals surface area contributed by atoms with Crippen molar-refractivity contribution >= 4 is 5.97 Å². The number of ether oxygens (including phenoxy) is 2. The van der Waals surface area contributed by atoms with Gasteiger partial charge in [-0.1, -0.05) is 0 Å². The molecule has 1 rings (SSSR count). The van der Waals surface area contributed by atoms with Crippen molar-refractivity contribution in [2.24, 2.45) is 0 Å². The maximum absolute atomic E-state index is 10.4. The standard InChI is InChI=1S/C6H10O4/c1-9-4-2-3-10-5(4)6(7)8/h4-5H,2-3H2,1H3,(H,7,8)/t4-,5+/m1/s1. The molecule has 4 heteroatoms. The zero-order valence-electron chi connectivity index (χ0n) is 5.74. The van der Waals surface area contributed by atoms with Crippen molar-refractivity contribution in [1.29, 1.82) is 0 Å². The van der Waals surface area contributed by atoms with E-state index in [1.165, 1.54) is 7.11 Å². The first-order valence-corrected chi connectivity index (χ1v) is 3.13. The largest absolute Gasteiger partial charge is 0.479 e. The maximum Gasteiger partial charge on any atom is 0.335 e. The molecule has 1 N–H and O–H groups in total. The van der Waals surface area contributed by atoms with E-state index in [2.05, 4.69) is 0 Å². The lowest BCUT2D eigenvalue weighted by molar-refractivity contribution is -0.152. The number of carboxylic acids is 1. The van der Waals surface area contributed by atoms with Crippen molar-refractivity contribution in [2.45, 2.75) is 18.6 Å². The predicted octanol–water partition coefficient (Wildman–Crippen LogP) is -0.125. The first-order chi connectivity index (χ1) is 4.75. The van der Waals surface area contributed by atoms with E-state index in [0.29, 0.717) is 13.0 Å². The molecule has 0 radical (unpaired) electrons. The Bertz CT molecular complexity index is 134. The van der Waals surface area contributed by atoms with Crippen LogP contribution in [0.1, 0.15) is 6.42 Å². The van der Waals surface area contributed by atoms with E-state index in [1.807, 2.05) is 0 Å². The van der Waals surface area contributed by atoms with Crippen LogP contribution in [0.5, 0.6) is 0 Å². The fourth-order valence-electron chi connectivity index (χ4n) is 1.04. The van der Waals surface area contributed by atoms with Crippen molar-refractivity contribution in [3.63, 3.8) is 0 Å². The van der Waals surface area contributed by atoms with Gasteiger partial charge in [-0.25, -0.2) is 4.79 Å². The van der Waals surface area contributed by atoms with Crippen LogP contribution in [0.4, 0.5) is 0 Å². The van der Waals surface area contributed by atoms with Gasteiger partial charge < -0.3 is 14.6 Å². The number of hydrogen-bond acceptors (Lipinski definition) is 3. The first kappa shape index (κ1) is 7.50. The summed E-state index contributed by atoms with van der Waals surface area (Å²) >= 11 is 0. The smallest absolute Gasteiger partial charge is 0.335 e. The third-order valence-electron chi connectivity index (χ3n) is 1.58. The number of carboxylic acid groups (broad SMARTS) is 1. The third kappa shape index (κ3) is 1.27. The van der Waals surface area contributed by atoms with Gasteiger partial charge in [-0.2, -0.15) is 0 Å². The molecule has 1 fully saturated rings. The van der Waals surface area contributed by atoms with Crippen LogP contribution in [-0.2, 0) is 14.3 Å². The van der Waals surface area contributed by atoms with Gasteiger partial charge in [0.2, 0.25) is 0 Å². The van der Waals surface area contributed by atoms with Crippen molar-refractivity contribution in [1.82, 2.24) is 0 Å². The van der Waals surface area contributed by atoms with E-state index < -0.39 is 12.1 Å². The number of aliphatic carboxylic acids is 1. The highest BCUT2D eigenvalue weighted by Crippen LogP contribution is 2.15. The Kier molecular flexibility index (Phi) is 2.24. The average Bonchev–Trinajstić information content (AvgIpc) is 2.33. The van der Waals surface area contributed by atoms with Gasteiger partial charge in [0, 0.05) is 13.5 Å². The van der Waals surface area contributed by atoms with Crippen LogP contribution in [0.2, 0.25) is 0 Å². The number of rotatable bonds is 2. The molecule has 0 aliphatic carbocycles. The van der Waals surface area contributed by atoms with Crippen LogP contribution in [0.25, 0.3) is 0 Å². The molecule has 0 aromatic heterocycles. The number of carbonyl (C=O) groups is 1. The Morgan fingerprint density at radius 2 is 2.50 bits per heavy atom. The van der Waals surface area contributed by atoms with Crippen LogP contribution in [0, 0.1) is 0 Å². The third-order valence-corrected chi connectivity index (χ3v) is 1.58. The summed E-state index contributed by atoms with van der Waals surface area (Å²) in [6, 6.07) is 0. The van der Waals surface area contributed by atoms with E-state index in [4.69, 9.17) is 14.6 Å². The molecule has 0 spiro atoms. The molecule has 1 heterocycles. The molecule has 0 saturated carbocycles. The molecular weight excluding hydrogens is 136 g/mol. The zero-order chi connectivity index (χ0) is 7.56. The Balaban J connectivity index is 2.50. The molecule has 0 amide bonds. The Morgan fingerprint density at radius 1 is 1.80 bits per heavy atom. The van der Waals surface area contributed by atoms with Crippen molar-refractivity contribution in [3.05, 3.63) is 0 Å². The van der Waals surface area contributed by atoms with Gasteiger partial charge >= 0.3 is 5.97 Å². The van der Waals surface area contributed by atoms with E-state index >= 15 is 0 Å². The van der Waals surface area contributed by atoms with Gasteiger partial charge in [-0.3, -0.25) is 0 Å². The predicted molar refractivity (Wildman–Crippen MR) is 32.8 cm³/mol. The molecule has 0 bridgehead atoms. The minimum absolute atomic E-state index is 0.266. The van der Waals surface area contributed by atoms with Crippen molar-refractivity contribution < 1.29 is 19.4 Å². The summed E-state index contributed by atoms with van der Waals surface area (Å²) in [6.07, 6.45) is -0.351. The summed E-state index contributed by atoms with van der Waals surface area (Å²) in [6.45, 7) is 0.482. The summed E-state index contributed by atoms with van der Waals surface area (Å²) in [4.78, 5) is 10.4. The second kappa shape index (κ2) is 2.98. The topological polar surface area (TPSA) is 55.8 Å². The summed E-state index contributed by atoms with van der Waals surface area (Å²) < 4.78 is 9.77. The second-order valence-electron chi connectivity index (χ2n) is 2.19. The van der Waals surface area contributed by atoms with Gasteiger partial charge in [-0.15, -0.1) is 0 Å².